The Morgan fingerprint density at radius 3 is 2.37 bits per heavy atom. The van der Waals surface area contributed by atoms with Crippen LogP contribution in [0.15, 0.2) is 48.5 Å². The van der Waals surface area contributed by atoms with E-state index < -0.39 is 47.3 Å². The number of aliphatic hydroxyl groups is 1. The van der Waals surface area contributed by atoms with Crippen LogP contribution in [0.2, 0.25) is 5.02 Å². The van der Waals surface area contributed by atoms with Gasteiger partial charge in [0, 0.05) is 11.1 Å². The number of halogens is 5. The van der Waals surface area contributed by atoms with E-state index >= 15 is 0 Å². The minimum Gasteiger partial charge on any atom is -0.493 e. The fourth-order valence-electron chi connectivity index (χ4n) is 4.20. The predicted octanol–water partition coefficient (Wildman–Crippen LogP) is 5.17. The van der Waals surface area contributed by atoms with Crippen LogP contribution in [-0.4, -0.2) is 48.0 Å². The van der Waals surface area contributed by atoms with Crippen LogP contribution in [0.3, 0.4) is 0 Å². The number of methoxy groups -OCH3 is 1. The first-order valence-corrected chi connectivity index (χ1v) is 13.4. The quantitative estimate of drug-likeness (QED) is 0.230. The van der Waals surface area contributed by atoms with Crippen molar-refractivity contribution >= 4 is 23.5 Å². The molecule has 1 aromatic heterocycles. The highest BCUT2D eigenvalue weighted by Crippen LogP contribution is 2.41. The lowest BCUT2D eigenvalue weighted by Gasteiger charge is -2.33. The van der Waals surface area contributed by atoms with Gasteiger partial charge in [-0.15, -0.1) is 0 Å². The molecule has 1 atom stereocenters. The molecule has 2 aromatic carbocycles. The number of nitrogens with zero attached hydrogens (tertiary/aromatic N) is 1. The minimum absolute atomic E-state index is 0.0395. The van der Waals surface area contributed by atoms with Gasteiger partial charge in [0.1, 0.15) is 5.82 Å². The monoisotopic (exact) mass is 624 g/mol. The zero-order valence-electron chi connectivity index (χ0n) is 23.3. The number of benzene rings is 2. The van der Waals surface area contributed by atoms with Crippen LogP contribution >= 0.6 is 11.6 Å². The second-order valence-electron chi connectivity index (χ2n) is 10.6. The second-order valence-corrected chi connectivity index (χ2v) is 11.0. The van der Waals surface area contributed by atoms with Gasteiger partial charge >= 0.3 is 12.2 Å². The van der Waals surface area contributed by atoms with Crippen molar-refractivity contribution in [2.45, 2.75) is 50.1 Å². The molecule has 1 fully saturated rings. The molecule has 0 saturated heterocycles. The van der Waals surface area contributed by atoms with Gasteiger partial charge in [0.25, 0.3) is 5.91 Å². The van der Waals surface area contributed by atoms with Gasteiger partial charge in [0.05, 0.1) is 41.7 Å². The Bertz CT molecular complexity index is 1550. The van der Waals surface area contributed by atoms with E-state index in [1.807, 2.05) is 0 Å². The van der Waals surface area contributed by atoms with Gasteiger partial charge in [-0.25, -0.2) is 14.2 Å². The van der Waals surface area contributed by atoms with Crippen molar-refractivity contribution in [1.82, 2.24) is 15.6 Å². The molecule has 3 amide bonds. The average Bonchev–Trinajstić information content (AvgIpc) is 3.75. The number of rotatable bonds is 10. The zero-order chi connectivity index (χ0) is 31.7. The number of carbonyl (C=O) groups is 2. The van der Waals surface area contributed by atoms with E-state index in [-0.39, 0.29) is 39.3 Å². The number of nitrogens with two attached hydrogens (primary N) is 1. The van der Waals surface area contributed by atoms with Crippen LogP contribution < -0.4 is 25.8 Å². The Labute approximate surface area is 249 Å². The largest absolute Gasteiger partial charge is 0.493 e. The van der Waals surface area contributed by atoms with E-state index in [0.29, 0.717) is 5.75 Å². The van der Waals surface area contributed by atoms with Crippen molar-refractivity contribution < 1.29 is 41.7 Å². The molecule has 5 N–H and O–H groups in total. The van der Waals surface area contributed by atoms with Gasteiger partial charge < -0.3 is 30.9 Å². The number of nitrogens with one attached hydrogen (secondary N) is 2. The van der Waals surface area contributed by atoms with E-state index in [1.54, 1.807) is 0 Å². The Morgan fingerprint density at radius 1 is 1.09 bits per heavy atom. The lowest BCUT2D eigenvalue weighted by atomic mass is 9.88. The molecule has 0 spiro atoms. The summed E-state index contributed by atoms with van der Waals surface area (Å²) >= 11 is 5.90. The number of carbonyl (C=O) groups excluding carboxylic acids is 2. The highest BCUT2D eigenvalue weighted by molar-refractivity contribution is 6.31. The summed E-state index contributed by atoms with van der Waals surface area (Å²) < 4.78 is 68.6. The number of hydrogen-bond donors (Lipinski definition) is 4. The minimum atomic E-state index is -5.34. The first kappa shape index (κ1) is 31.8. The van der Waals surface area contributed by atoms with Crippen LogP contribution in [0.25, 0.3) is 11.3 Å². The normalized spacial score (nSPS) is 14.9. The highest BCUT2D eigenvalue weighted by Gasteiger charge is 2.56. The summed E-state index contributed by atoms with van der Waals surface area (Å²) in [6.07, 6.45) is -3.55. The number of hydrogen-bond acceptors (Lipinski definition) is 6. The van der Waals surface area contributed by atoms with E-state index in [0.717, 1.165) is 31.0 Å². The molecule has 3 aromatic rings. The molecule has 1 heterocycles. The van der Waals surface area contributed by atoms with Gasteiger partial charge in [-0.3, -0.25) is 4.79 Å². The summed E-state index contributed by atoms with van der Waals surface area (Å²) in [6, 6.07) is 8.86. The standard InChI is InChI=1S/C29H29ClF4N4O5/c1-27(2,38-26(35)40)17-12-21(15-4-8-20(31)19(30)10-15)37-24(13-17)28(41,29(32,33)34)14-36-25(39)16-5-9-22(23(11-16)42-3)43-18-6-7-18/h4-5,8-13,18,41H,6-7,14H2,1-3H3,(H,36,39)(H3,35,38,40). The molecule has 9 nitrogen and oxygen atoms in total. The van der Waals surface area contributed by atoms with Gasteiger partial charge in [-0.1, -0.05) is 11.6 Å². The number of primary amides is 1. The van der Waals surface area contributed by atoms with Crippen molar-refractivity contribution in [2.75, 3.05) is 13.7 Å². The molecule has 0 bridgehead atoms. The van der Waals surface area contributed by atoms with E-state index in [4.69, 9.17) is 26.8 Å². The van der Waals surface area contributed by atoms with E-state index in [9.17, 15) is 32.3 Å². The molecule has 230 valence electrons. The third kappa shape index (κ3) is 7.11. The summed E-state index contributed by atoms with van der Waals surface area (Å²) in [7, 11) is 1.36. The Kier molecular flexibility index (Phi) is 8.80. The fraction of sp³-hybridized carbons (Fsp3) is 0.345. The summed E-state index contributed by atoms with van der Waals surface area (Å²) in [5.41, 5.74) is -0.671. The number of alkyl halides is 3. The van der Waals surface area contributed by atoms with Crippen molar-refractivity contribution in [2.24, 2.45) is 5.73 Å². The van der Waals surface area contributed by atoms with E-state index in [2.05, 4.69) is 15.6 Å². The van der Waals surface area contributed by atoms with Crippen molar-refractivity contribution in [3.05, 3.63) is 76.2 Å². The molecular weight excluding hydrogens is 596 g/mol. The lowest BCUT2D eigenvalue weighted by Crippen LogP contribution is -2.52. The maximum absolute atomic E-state index is 14.6. The Hall–Kier alpha value is -4.10. The number of amides is 3. The van der Waals surface area contributed by atoms with Crippen LogP contribution in [0.4, 0.5) is 22.4 Å². The number of pyridine rings is 1. The molecule has 1 aliphatic carbocycles. The first-order chi connectivity index (χ1) is 20.0. The molecule has 14 heteroatoms. The topological polar surface area (TPSA) is 136 Å². The predicted molar refractivity (Wildman–Crippen MR) is 149 cm³/mol. The number of urea groups is 1. The molecule has 43 heavy (non-hydrogen) atoms. The number of aromatic nitrogens is 1. The number of ether oxygens (including phenoxy) is 2. The Morgan fingerprint density at radius 2 is 1.79 bits per heavy atom. The third-order valence-corrected chi connectivity index (χ3v) is 7.13. The van der Waals surface area contributed by atoms with Gasteiger partial charge in [0.2, 0.25) is 5.60 Å². The van der Waals surface area contributed by atoms with Crippen LogP contribution in [0, 0.1) is 5.82 Å². The van der Waals surface area contributed by atoms with Crippen LogP contribution in [0.5, 0.6) is 11.5 Å². The fourth-order valence-corrected chi connectivity index (χ4v) is 4.39. The lowest BCUT2D eigenvalue weighted by molar-refractivity contribution is -0.265. The van der Waals surface area contributed by atoms with Crippen molar-refractivity contribution in [1.29, 1.82) is 0 Å². The smallest absolute Gasteiger partial charge is 0.424 e. The zero-order valence-corrected chi connectivity index (χ0v) is 24.1. The summed E-state index contributed by atoms with van der Waals surface area (Å²) in [6.45, 7) is 1.61. The summed E-state index contributed by atoms with van der Waals surface area (Å²) in [5, 5.41) is 15.4. The third-order valence-electron chi connectivity index (χ3n) is 6.84. The molecule has 4 rings (SSSR count). The van der Waals surface area contributed by atoms with Crippen LogP contribution in [-0.2, 0) is 11.1 Å². The molecule has 1 unspecified atom stereocenters. The van der Waals surface area contributed by atoms with Crippen molar-refractivity contribution in [3.8, 4) is 22.8 Å². The molecule has 1 saturated carbocycles. The van der Waals surface area contributed by atoms with Gasteiger partial charge in [0.15, 0.2) is 11.5 Å². The molecular formula is C29H29ClF4N4O5. The highest BCUT2D eigenvalue weighted by atomic mass is 35.5. The summed E-state index contributed by atoms with van der Waals surface area (Å²) in [5.74, 6) is -1.10. The maximum Gasteiger partial charge on any atom is 0.424 e. The molecule has 1 aliphatic rings. The van der Waals surface area contributed by atoms with Crippen LogP contribution in [0.1, 0.15) is 48.3 Å². The van der Waals surface area contributed by atoms with E-state index in [1.165, 1.54) is 51.3 Å². The maximum atomic E-state index is 14.6. The Balaban J connectivity index is 1.73. The van der Waals surface area contributed by atoms with Crippen molar-refractivity contribution in [3.63, 3.8) is 0 Å². The van der Waals surface area contributed by atoms with Gasteiger partial charge in [-0.2, -0.15) is 13.2 Å². The summed E-state index contributed by atoms with van der Waals surface area (Å²) in [4.78, 5) is 28.6. The molecule has 0 aliphatic heterocycles. The first-order valence-electron chi connectivity index (χ1n) is 13.0. The average molecular weight is 625 g/mol. The second kappa shape index (κ2) is 11.9. The molecule has 0 radical (unpaired) electrons. The SMILES string of the molecule is COc1cc(C(=O)NCC(O)(c2cc(C(C)(C)NC(N)=O)cc(-c3ccc(F)c(Cl)c3)n2)C(F)(F)F)ccc1OC1CC1. The van der Waals surface area contributed by atoms with Gasteiger partial charge in [-0.05, 0) is 80.8 Å².